The zero-order chi connectivity index (χ0) is 15.4. The van der Waals surface area contributed by atoms with E-state index >= 15 is 0 Å². The van der Waals surface area contributed by atoms with Gasteiger partial charge in [-0.15, -0.1) is 0 Å². The number of rotatable bonds is 4. The second-order valence-corrected chi connectivity index (χ2v) is 6.36. The summed E-state index contributed by atoms with van der Waals surface area (Å²) in [4.78, 5) is 15.2. The number of hydrogen-bond acceptors (Lipinski definition) is 2. The van der Waals surface area contributed by atoms with E-state index in [-0.39, 0.29) is 11.9 Å². The van der Waals surface area contributed by atoms with Crippen LogP contribution in [0.1, 0.15) is 44.2 Å². The van der Waals surface area contributed by atoms with E-state index in [2.05, 4.69) is 50.0 Å². The molecule has 1 aromatic carbocycles. The molecule has 0 saturated carbocycles. The third-order valence-corrected chi connectivity index (χ3v) is 4.55. The molecule has 1 aliphatic heterocycles. The Morgan fingerprint density at radius 2 is 2.00 bits per heavy atom. The Morgan fingerprint density at radius 3 is 2.62 bits per heavy atom. The number of nitrogens with zero attached hydrogens (tertiary/aromatic N) is 1. The van der Waals surface area contributed by atoms with Crippen LogP contribution >= 0.6 is 0 Å². The molecule has 0 bridgehead atoms. The maximum absolute atomic E-state index is 12.8. The first-order valence-electron chi connectivity index (χ1n) is 8.15. The molecule has 3 heteroatoms. The van der Waals surface area contributed by atoms with Crippen LogP contribution in [-0.2, 0) is 4.79 Å². The van der Waals surface area contributed by atoms with Gasteiger partial charge in [-0.2, -0.15) is 0 Å². The van der Waals surface area contributed by atoms with E-state index in [9.17, 15) is 4.79 Å². The summed E-state index contributed by atoms with van der Waals surface area (Å²) in [5.41, 5.74) is 3.25. The van der Waals surface area contributed by atoms with Gasteiger partial charge >= 0.3 is 0 Å². The third-order valence-electron chi connectivity index (χ3n) is 4.55. The lowest BCUT2D eigenvalue weighted by Gasteiger charge is -2.39. The van der Waals surface area contributed by atoms with Crippen molar-refractivity contribution >= 4 is 11.6 Å². The van der Waals surface area contributed by atoms with Crippen LogP contribution in [0.2, 0.25) is 0 Å². The molecule has 2 rings (SSSR count). The summed E-state index contributed by atoms with van der Waals surface area (Å²) in [6.45, 7) is 10.5. The van der Waals surface area contributed by atoms with Crippen LogP contribution in [0.3, 0.4) is 0 Å². The molecule has 2 atom stereocenters. The van der Waals surface area contributed by atoms with E-state index in [1.165, 1.54) is 6.42 Å². The van der Waals surface area contributed by atoms with Gasteiger partial charge in [0.2, 0.25) is 5.91 Å². The van der Waals surface area contributed by atoms with Crippen molar-refractivity contribution in [1.82, 2.24) is 4.90 Å². The summed E-state index contributed by atoms with van der Waals surface area (Å²) in [5, 5.41) is 3.19. The maximum Gasteiger partial charge on any atom is 0.242 e. The van der Waals surface area contributed by atoms with Gasteiger partial charge in [-0.3, -0.25) is 9.69 Å². The number of aryl methyl sites for hydroxylation is 2. The number of benzene rings is 1. The van der Waals surface area contributed by atoms with E-state index in [0.29, 0.717) is 5.92 Å². The zero-order valence-corrected chi connectivity index (χ0v) is 13.8. The number of para-hydroxylation sites is 1. The summed E-state index contributed by atoms with van der Waals surface area (Å²) < 4.78 is 0. The van der Waals surface area contributed by atoms with Gasteiger partial charge < -0.3 is 5.32 Å². The number of amides is 1. The van der Waals surface area contributed by atoms with Gasteiger partial charge in [0, 0.05) is 5.69 Å². The minimum atomic E-state index is 0.0118. The molecule has 1 aromatic rings. The molecule has 0 radical (unpaired) electrons. The lowest BCUT2D eigenvalue weighted by molar-refractivity contribution is -0.124. The molecule has 116 valence electrons. The number of carbonyl (C=O) groups is 1. The van der Waals surface area contributed by atoms with Gasteiger partial charge in [0.05, 0.1) is 6.04 Å². The molecule has 21 heavy (non-hydrogen) atoms. The Hall–Kier alpha value is -1.35. The zero-order valence-electron chi connectivity index (χ0n) is 13.8. The Kier molecular flexibility index (Phi) is 5.40. The van der Waals surface area contributed by atoms with Gasteiger partial charge in [-0.25, -0.2) is 0 Å². The quantitative estimate of drug-likeness (QED) is 0.915. The third kappa shape index (κ3) is 3.65. The van der Waals surface area contributed by atoms with Crippen LogP contribution in [0.4, 0.5) is 5.69 Å². The standard InChI is InChI=1S/C18H28N2O/c1-5-11-20-12-7-10-15(4)17(20)18(21)19-16-13(2)8-6-9-14(16)3/h6,8-9,15,17H,5,7,10-12H2,1-4H3,(H,19,21)/t15-,17+/m0/s1. The van der Waals surface area contributed by atoms with Crippen molar-refractivity contribution in [2.75, 3.05) is 18.4 Å². The molecule has 1 fully saturated rings. The van der Waals surface area contributed by atoms with Crippen molar-refractivity contribution in [2.45, 2.75) is 53.0 Å². The number of likely N-dealkylation sites (tertiary alicyclic amines) is 1. The molecule has 1 heterocycles. The van der Waals surface area contributed by atoms with Gasteiger partial charge in [0.15, 0.2) is 0 Å². The molecule has 0 aromatic heterocycles. The minimum absolute atomic E-state index is 0.0118. The summed E-state index contributed by atoms with van der Waals surface area (Å²) in [6, 6.07) is 6.15. The van der Waals surface area contributed by atoms with E-state index in [1.54, 1.807) is 0 Å². The number of piperidine rings is 1. The Bertz CT molecular complexity index is 476. The highest BCUT2D eigenvalue weighted by atomic mass is 16.2. The van der Waals surface area contributed by atoms with Crippen molar-refractivity contribution in [3.63, 3.8) is 0 Å². The van der Waals surface area contributed by atoms with E-state index in [1.807, 2.05) is 6.07 Å². The molecule has 1 saturated heterocycles. The number of anilines is 1. The highest BCUT2D eigenvalue weighted by molar-refractivity contribution is 5.96. The molecule has 1 N–H and O–H groups in total. The second-order valence-electron chi connectivity index (χ2n) is 6.36. The first kappa shape index (κ1) is 16.0. The highest BCUT2D eigenvalue weighted by Gasteiger charge is 2.33. The predicted octanol–water partition coefficient (Wildman–Crippen LogP) is 3.75. The van der Waals surface area contributed by atoms with Crippen LogP contribution in [0.25, 0.3) is 0 Å². The first-order valence-corrected chi connectivity index (χ1v) is 8.15. The van der Waals surface area contributed by atoms with Crippen molar-refractivity contribution in [1.29, 1.82) is 0 Å². The lowest BCUT2D eigenvalue weighted by atomic mass is 9.89. The smallest absolute Gasteiger partial charge is 0.242 e. The van der Waals surface area contributed by atoms with Crippen LogP contribution < -0.4 is 5.32 Å². The second kappa shape index (κ2) is 7.08. The molecular formula is C18H28N2O. The van der Waals surface area contributed by atoms with Crippen LogP contribution in [0.15, 0.2) is 18.2 Å². The molecule has 0 spiro atoms. The van der Waals surface area contributed by atoms with Crippen LogP contribution in [-0.4, -0.2) is 29.9 Å². The maximum atomic E-state index is 12.8. The van der Waals surface area contributed by atoms with Crippen molar-refractivity contribution in [3.8, 4) is 0 Å². The minimum Gasteiger partial charge on any atom is -0.324 e. The molecule has 1 aliphatic rings. The van der Waals surface area contributed by atoms with Crippen molar-refractivity contribution in [3.05, 3.63) is 29.3 Å². The van der Waals surface area contributed by atoms with E-state index in [4.69, 9.17) is 0 Å². The van der Waals surface area contributed by atoms with Crippen molar-refractivity contribution in [2.24, 2.45) is 5.92 Å². The molecule has 0 aliphatic carbocycles. The molecular weight excluding hydrogens is 260 g/mol. The Balaban J connectivity index is 2.17. The van der Waals surface area contributed by atoms with Crippen LogP contribution in [0, 0.1) is 19.8 Å². The SMILES string of the molecule is CCCN1CCC[C@H](C)[C@@H]1C(=O)Nc1c(C)cccc1C. The summed E-state index contributed by atoms with van der Waals surface area (Å²) >= 11 is 0. The largest absolute Gasteiger partial charge is 0.324 e. The predicted molar refractivity (Wildman–Crippen MR) is 88.6 cm³/mol. The summed E-state index contributed by atoms with van der Waals surface area (Å²) in [6.07, 6.45) is 3.44. The fraction of sp³-hybridized carbons (Fsp3) is 0.611. The average molecular weight is 288 g/mol. The Labute approximate surface area is 128 Å². The lowest BCUT2D eigenvalue weighted by Crippen LogP contribution is -2.51. The van der Waals surface area contributed by atoms with Gasteiger partial charge in [0.25, 0.3) is 0 Å². The summed E-state index contributed by atoms with van der Waals surface area (Å²) in [5.74, 6) is 0.586. The first-order chi connectivity index (χ1) is 10.0. The monoisotopic (exact) mass is 288 g/mol. The fourth-order valence-corrected chi connectivity index (χ4v) is 3.44. The van der Waals surface area contributed by atoms with Gasteiger partial charge in [-0.1, -0.05) is 32.0 Å². The number of carbonyl (C=O) groups excluding carboxylic acids is 1. The average Bonchev–Trinajstić information content (AvgIpc) is 2.43. The van der Waals surface area contributed by atoms with Gasteiger partial charge in [0.1, 0.15) is 0 Å². The number of nitrogens with one attached hydrogen (secondary N) is 1. The summed E-state index contributed by atoms with van der Waals surface area (Å²) in [7, 11) is 0. The number of hydrogen-bond donors (Lipinski definition) is 1. The van der Waals surface area contributed by atoms with Gasteiger partial charge in [-0.05, 0) is 63.2 Å². The Morgan fingerprint density at radius 1 is 1.33 bits per heavy atom. The van der Waals surface area contributed by atoms with Crippen LogP contribution in [0.5, 0.6) is 0 Å². The van der Waals surface area contributed by atoms with E-state index in [0.717, 1.165) is 42.7 Å². The molecule has 0 unspecified atom stereocenters. The molecule has 3 nitrogen and oxygen atoms in total. The normalized spacial score (nSPS) is 23.0. The van der Waals surface area contributed by atoms with E-state index < -0.39 is 0 Å². The van der Waals surface area contributed by atoms with Crippen molar-refractivity contribution < 1.29 is 4.79 Å². The fourth-order valence-electron chi connectivity index (χ4n) is 3.44. The highest BCUT2D eigenvalue weighted by Crippen LogP contribution is 2.26. The molecule has 1 amide bonds. The topological polar surface area (TPSA) is 32.3 Å².